The molecule has 0 bridgehead atoms. The minimum absolute atomic E-state index is 0.294. The molecule has 3 rings (SSSR count). The third kappa shape index (κ3) is 3.31. The van der Waals surface area contributed by atoms with E-state index in [0.29, 0.717) is 23.6 Å². The van der Waals surface area contributed by atoms with Crippen molar-refractivity contribution in [3.05, 3.63) is 41.0 Å². The van der Waals surface area contributed by atoms with Crippen LogP contribution in [0.1, 0.15) is 10.5 Å². The van der Waals surface area contributed by atoms with Crippen molar-refractivity contribution in [2.45, 2.75) is 11.4 Å². The molecule has 0 saturated carbocycles. The Kier molecular flexibility index (Phi) is 5.17. The number of ether oxygens (including phenoxy) is 1. The highest BCUT2D eigenvalue weighted by Crippen LogP contribution is 2.24. The van der Waals surface area contributed by atoms with E-state index < -0.39 is 0 Å². The molecule has 24 heavy (non-hydrogen) atoms. The molecule has 6 nitrogen and oxygen atoms in total. The van der Waals surface area contributed by atoms with Crippen LogP contribution < -0.4 is 4.80 Å². The molecule has 0 saturated heterocycles. The molecule has 0 fully saturated rings. The molecule has 8 heteroatoms. The van der Waals surface area contributed by atoms with Crippen LogP contribution in [-0.4, -0.2) is 40.2 Å². The fraction of sp³-hybridized carbons (Fsp3) is 0.312. The summed E-state index contributed by atoms with van der Waals surface area (Å²) in [6.07, 6.45) is 3.64. The van der Waals surface area contributed by atoms with E-state index >= 15 is 0 Å². The fourth-order valence-corrected chi connectivity index (χ4v) is 4.00. The van der Waals surface area contributed by atoms with Crippen LogP contribution in [0, 0.1) is 0 Å². The lowest BCUT2D eigenvalue weighted by Crippen LogP contribution is -2.20. The van der Waals surface area contributed by atoms with E-state index in [4.69, 9.17) is 4.74 Å². The van der Waals surface area contributed by atoms with E-state index in [9.17, 15) is 4.79 Å². The van der Waals surface area contributed by atoms with Crippen LogP contribution in [-0.2, 0) is 18.3 Å². The number of rotatable bonds is 5. The van der Waals surface area contributed by atoms with Crippen LogP contribution in [0.2, 0.25) is 0 Å². The first-order valence-corrected chi connectivity index (χ1v) is 9.41. The van der Waals surface area contributed by atoms with Gasteiger partial charge < -0.3 is 9.30 Å². The van der Waals surface area contributed by atoms with Gasteiger partial charge in [-0.3, -0.25) is 9.48 Å². The largest absolute Gasteiger partial charge is 0.383 e. The molecule has 0 aliphatic carbocycles. The number of thioether (sulfide) groups is 1. The van der Waals surface area contributed by atoms with Gasteiger partial charge in [0.05, 0.1) is 16.8 Å². The Morgan fingerprint density at radius 2 is 2.25 bits per heavy atom. The van der Waals surface area contributed by atoms with Crippen LogP contribution in [0.4, 0.5) is 0 Å². The predicted molar refractivity (Wildman–Crippen MR) is 96.6 cm³/mol. The highest BCUT2D eigenvalue weighted by atomic mass is 32.2. The SMILES string of the molecule is COCCn1c(=NC(=O)c2ccnn2C)sc2cc(SC)ccc21. The second-order valence-electron chi connectivity index (χ2n) is 5.12. The number of thiazole rings is 1. The average Bonchev–Trinajstić information content (AvgIpc) is 3.15. The molecule has 0 radical (unpaired) electrons. The lowest BCUT2D eigenvalue weighted by atomic mass is 10.3. The summed E-state index contributed by atoms with van der Waals surface area (Å²) in [7, 11) is 3.40. The number of carbonyl (C=O) groups excluding carboxylic acids is 1. The molecular formula is C16H18N4O2S2. The summed E-state index contributed by atoms with van der Waals surface area (Å²) in [5, 5.41) is 4.03. The summed E-state index contributed by atoms with van der Waals surface area (Å²) in [6.45, 7) is 1.20. The number of amides is 1. The molecule has 2 heterocycles. The van der Waals surface area contributed by atoms with Gasteiger partial charge in [-0.2, -0.15) is 10.1 Å². The number of methoxy groups -OCH3 is 1. The third-order valence-corrected chi connectivity index (χ3v) is 5.41. The predicted octanol–water partition coefficient (Wildman–Crippen LogP) is 2.55. The van der Waals surface area contributed by atoms with Gasteiger partial charge in [0.15, 0.2) is 4.80 Å². The van der Waals surface area contributed by atoms with Crippen molar-refractivity contribution in [1.82, 2.24) is 14.3 Å². The molecule has 0 atom stereocenters. The van der Waals surface area contributed by atoms with E-state index in [-0.39, 0.29) is 5.91 Å². The van der Waals surface area contributed by atoms with Gasteiger partial charge in [0.2, 0.25) is 0 Å². The van der Waals surface area contributed by atoms with Crippen molar-refractivity contribution >= 4 is 39.2 Å². The molecule has 1 amide bonds. The topological polar surface area (TPSA) is 61.4 Å². The van der Waals surface area contributed by atoms with Crippen LogP contribution in [0.3, 0.4) is 0 Å². The van der Waals surface area contributed by atoms with Crippen molar-refractivity contribution < 1.29 is 9.53 Å². The summed E-state index contributed by atoms with van der Waals surface area (Å²) in [6, 6.07) is 7.95. The fourth-order valence-electron chi connectivity index (χ4n) is 2.39. The zero-order valence-electron chi connectivity index (χ0n) is 13.7. The number of nitrogens with zero attached hydrogens (tertiary/aromatic N) is 4. The summed E-state index contributed by atoms with van der Waals surface area (Å²) in [5.41, 5.74) is 1.53. The van der Waals surface area contributed by atoms with Gasteiger partial charge in [0.25, 0.3) is 5.91 Å². The normalized spacial score (nSPS) is 12.2. The van der Waals surface area contributed by atoms with Crippen LogP contribution in [0.5, 0.6) is 0 Å². The first-order chi connectivity index (χ1) is 11.6. The maximum atomic E-state index is 12.5. The number of benzene rings is 1. The van der Waals surface area contributed by atoms with Gasteiger partial charge in [-0.05, 0) is 30.5 Å². The van der Waals surface area contributed by atoms with Crippen molar-refractivity contribution in [3.8, 4) is 0 Å². The van der Waals surface area contributed by atoms with Crippen LogP contribution in [0.15, 0.2) is 40.4 Å². The van der Waals surface area contributed by atoms with Gasteiger partial charge in [0, 0.05) is 31.8 Å². The zero-order chi connectivity index (χ0) is 17.1. The number of hydrogen-bond donors (Lipinski definition) is 0. The highest BCUT2D eigenvalue weighted by molar-refractivity contribution is 7.98. The number of carbonyl (C=O) groups is 1. The summed E-state index contributed by atoms with van der Waals surface area (Å²) < 4.78 is 9.87. The van der Waals surface area contributed by atoms with Crippen molar-refractivity contribution in [2.24, 2.45) is 12.0 Å². The third-order valence-electron chi connectivity index (χ3n) is 3.65. The second-order valence-corrected chi connectivity index (χ2v) is 7.01. The summed E-state index contributed by atoms with van der Waals surface area (Å²) >= 11 is 3.21. The minimum atomic E-state index is -0.294. The lowest BCUT2D eigenvalue weighted by molar-refractivity contribution is 0.0988. The molecule has 126 valence electrons. The molecule has 3 aromatic rings. The highest BCUT2D eigenvalue weighted by Gasteiger charge is 2.12. The summed E-state index contributed by atoms with van der Waals surface area (Å²) in [5.74, 6) is -0.294. The van der Waals surface area contributed by atoms with Crippen molar-refractivity contribution in [2.75, 3.05) is 20.0 Å². The van der Waals surface area contributed by atoms with Gasteiger partial charge in [-0.1, -0.05) is 11.3 Å². The van der Waals surface area contributed by atoms with E-state index in [1.165, 1.54) is 20.9 Å². The molecular weight excluding hydrogens is 344 g/mol. The number of hydrogen-bond acceptors (Lipinski definition) is 5. The second kappa shape index (κ2) is 7.33. The van der Waals surface area contributed by atoms with E-state index in [1.54, 1.807) is 38.2 Å². The van der Waals surface area contributed by atoms with Crippen molar-refractivity contribution in [3.63, 3.8) is 0 Å². The van der Waals surface area contributed by atoms with Gasteiger partial charge in [-0.25, -0.2) is 0 Å². The molecule has 0 unspecified atom stereocenters. The average molecular weight is 362 g/mol. The maximum Gasteiger partial charge on any atom is 0.297 e. The standard InChI is InChI=1S/C16H18N4O2S2/c1-19-13(6-7-17-19)15(21)18-16-20(8-9-22-2)12-5-4-11(23-3)10-14(12)24-16/h4-7,10H,8-9H2,1-3H3. The Morgan fingerprint density at radius 3 is 2.92 bits per heavy atom. The monoisotopic (exact) mass is 362 g/mol. The molecule has 0 aliphatic rings. The molecule has 0 N–H and O–H groups in total. The Bertz CT molecular complexity index is 939. The Morgan fingerprint density at radius 1 is 1.42 bits per heavy atom. The molecule has 1 aromatic carbocycles. The number of aryl methyl sites for hydroxylation is 1. The number of aromatic nitrogens is 3. The number of fused-ring (bicyclic) bond motifs is 1. The zero-order valence-corrected chi connectivity index (χ0v) is 15.4. The van der Waals surface area contributed by atoms with E-state index in [1.807, 2.05) is 10.8 Å². The van der Waals surface area contributed by atoms with Crippen LogP contribution in [0.25, 0.3) is 10.2 Å². The first-order valence-electron chi connectivity index (χ1n) is 7.37. The smallest absolute Gasteiger partial charge is 0.297 e. The molecule has 2 aromatic heterocycles. The van der Waals surface area contributed by atoms with Gasteiger partial charge in [0.1, 0.15) is 5.69 Å². The van der Waals surface area contributed by atoms with Gasteiger partial charge >= 0.3 is 0 Å². The van der Waals surface area contributed by atoms with E-state index in [2.05, 4.69) is 28.3 Å². The molecule has 0 aliphatic heterocycles. The Balaban J connectivity index is 2.12. The Labute approximate surface area is 147 Å². The van der Waals surface area contributed by atoms with Gasteiger partial charge in [-0.15, -0.1) is 11.8 Å². The van der Waals surface area contributed by atoms with Crippen LogP contribution >= 0.6 is 23.1 Å². The van der Waals surface area contributed by atoms with E-state index in [0.717, 1.165) is 10.2 Å². The Hall–Kier alpha value is -1.90. The lowest BCUT2D eigenvalue weighted by Gasteiger charge is -2.04. The first kappa shape index (κ1) is 16.9. The van der Waals surface area contributed by atoms with Crippen molar-refractivity contribution in [1.29, 1.82) is 0 Å². The minimum Gasteiger partial charge on any atom is -0.383 e. The maximum absolute atomic E-state index is 12.5. The molecule has 0 spiro atoms. The summed E-state index contributed by atoms with van der Waals surface area (Å²) in [4.78, 5) is 18.6. The quantitative estimate of drug-likeness (QED) is 0.655.